The molecule has 6 nitrogen and oxygen atoms in total. The van der Waals surface area contributed by atoms with Gasteiger partial charge in [0.2, 0.25) is 5.95 Å². The molecular formula is C9H16N4O2. The molecule has 0 radical (unpaired) electrons. The fourth-order valence-electron chi connectivity index (χ4n) is 0.880. The molecule has 6 heteroatoms. The number of hydrogen-bond acceptors (Lipinski definition) is 6. The van der Waals surface area contributed by atoms with Crippen molar-refractivity contribution in [1.82, 2.24) is 15.0 Å². The van der Waals surface area contributed by atoms with Crippen molar-refractivity contribution in [3.63, 3.8) is 0 Å². The first-order valence-electron chi connectivity index (χ1n) is 4.82. The predicted molar refractivity (Wildman–Crippen MR) is 55.8 cm³/mol. The van der Waals surface area contributed by atoms with Gasteiger partial charge in [-0.2, -0.15) is 9.97 Å². The van der Waals surface area contributed by atoms with E-state index in [0.29, 0.717) is 0 Å². The summed E-state index contributed by atoms with van der Waals surface area (Å²) in [5.74, 6) is 0.0938. The van der Waals surface area contributed by atoms with E-state index in [2.05, 4.69) is 15.0 Å². The topological polar surface area (TPSA) is 83.2 Å². The Kier molecular flexibility index (Phi) is 3.65. The summed E-state index contributed by atoms with van der Waals surface area (Å²) < 4.78 is 10.6. The van der Waals surface area contributed by atoms with Crippen molar-refractivity contribution >= 4 is 5.95 Å². The highest BCUT2D eigenvalue weighted by Crippen LogP contribution is 2.13. The van der Waals surface area contributed by atoms with Crippen LogP contribution in [0.25, 0.3) is 0 Å². The van der Waals surface area contributed by atoms with Crippen LogP contribution in [0.1, 0.15) is 27.7 Å². The van der Waals surface area contributed by atoms with Crippen LogP contribution in [0.5, 0.6) is 12.0 Å². The number of nitrogens with zero attached hydrogens (tertiary/aromatic N) is 3. The Balaban J connectivity index is 2.84. The zero-order valence-electron chi connectivity index (χ0n) is 9.39. The SMILES string of the molecule is CC(C)Oc1nc(N)nc(OC(C)C)n1. The van der Waals surface area contributed by atoms with Gasteiger partial charge in [-0.15, -0.1) is 4.98 Å². The summed E-state index contributed by atoms with van der Waals surface area (Å²) in [6.45, 7) is 7.51. The quantitative estimate of drug-likeness (QED) is 0.802. The molecule has 0 saturated heterocycles. The molecule has 15 heavy (non-hydrogen) atoms. The Hall–Kier alpha value is -1.59. The Morgan fingerprint density at radius 3 is 1.60 bits per heavy atom. The molecule has 1 heterocycles. The van der Waals surface area contributed by atoms with Gasteiger partial charge >= 0.3 is 12.0 Å². The van der Waals surface area contributed by atoms with Crippen LogP contribution in [-0.2, 0) is 0 Å². The van der Waals surface area contributed by atoms with E-state index in [1.807, 2.05) is 27.7 Å². The van der Waals surface area contributed by atoms with E-state index < -0.39 is 0 Å². The molecule has 1 aromatic rings. The number of ether oxygens (including phenoxy) is 2. The Labute approximate surface area is 88.8 Å². The van der Waals surface area contributed by atoms with Crippen LogP contribution in [0, 0.1) is 0 Å². The molecule has 0 aliphatic rings. The van der Waals surface area contributed by atoms with Crippen LogP contribution in [-0.4, -0.2) is 27.2 Å². The highest BCUT2D eigenvalue weighted by molar-refractivity contribution is 5.20. The second kappa shape index (κ2) is 4.77. The fraction of sp³-hybridized carbons (Fsp3) is 0.667. The number of nitrogen functional groups attached to an aromatic ring is 1. The zero-order valence-corrected chi connectivity index (χ0v) is 9.39. The van der Waals surface area contributed by atoms with Crippen LogP contribution in [0.2, 0.25) is 0 Å². The fourth-order valence-corrected chi connectivity index (χ4v) is 0.880. The van der Waals surface area contributed by atoms with Crippen LogP contribution in [0.4, 0.5) is 5.95 Å². The van der Waals surface area contributed by atoms with Crippen molar-refractivity contribution < 1.29 is 9.47 Å². The molecule has 0 fully saturated rings. The van der Waals surface area contributed by atoms with Crippen molar-refractivity contribution in [2.24, 2.45) is 0 Å². The first kappa shape index (κ1) is 11.5. The second-order valence-electron chi connectivity index (χ2n) is 3.59. The molecule has 0 aliphatic carbocycles. The number of aromatic nitrogens is 3. The highest BCUT2D eigenvalue weighted by Gasteiger charge is 2.09. The summed E-state index contributed by atoms with van der Waals surface area (Å²) in [4.78, 5) is 11.6. The van der Waals surface area contributed by atoms with Gasteiger partial charge in [0.25, 0.3) is 0 Å². The van der Waals surface area contributed by atoms with Crippen LogP contribution in [0.3, 0.4) is 0 Å². The number of nitrogens with two attached hydrogens (primary N) is 1. The minimum Gasteiger partial charge on any atom is -0.461 e. The molecule has 0 saturated carbocycles. The Bertz CT molecular complexity index is 300. The minimum atomic E-state index is -0.0151. The number of hydrogen-bond donors (Lipinski definition) is 1. The van der Waals surface area contributed by atoms with Gasteiger partial charge in [-0.3, -0.25) is 0 Å². The molecule has 84 valence electrons. The lowest BCUT2D eigenvalue weighted by Crippen LogP contribution is -2.14. The van der Waals surface area contributed by atoms with Gasteiger partial charge in [-0.1, -0.05) is 0 Å². The van der Waals surface area contributed by atoms with Crippen molar-refractivity contribution in [2.75, 3.05) is 5.73 Å². The van der Waals surface area contributed by atoms with E-state index in [4.69, 9.17) is 15.2 Å². The van der Waals surface area contributed by atoms with Gasteiger partial charge in [0.15, 0.2) is 0 Å². The molecule has 0 unspecified atom stereocenters. The van der Waals surface area contributed by atoms with Crippen molar-refractivity contribution in [3.8, 4) is 12.0 Å². The third-order valence-corrected chi connectivity index (χ3v) is 1.29. The highest BCUT2D eigenvalue weighted by atomic mass is 16.5. The Morgan fingerprint density at radius 2 is 1.27 bits per heavy atom. The van der Waals surface area contributed by atoms with E-state index >= 15 is 0 Å². The zero-order chi connectivity index (χ0) is 11.4. The molecule has 0 aromatic carbocycles. The molecule has 2 N–H and O–H groups in total. The van der Waals surface area contributed by atoms with E-state index in [1.54, 1.807) is 0 Å². The van der Waals surface area contributed by atoms with E-state index in [-0.39, 0.29) is 30.2 Å². The van der Waals surface area contributed by atoms with Gasteiger partial charge < -0.3 is 15.2 Å². The summed E-state index contributed by atoms with van der Waals surface area (Å²) in [6, 6.07) is 0.376. The van der Waals surface area contributed by atoms with Crippen molar-refractivity contribution in [3.05, 3.63) is 0 Å². The van der Waals surface area contributed by atoms with Crippen LogP contribution in [0.15, 0.2) is 0 Å². The first-order valence-corrected chi connectivity index (χ1v) is 4.82. The van der Waals surface area contributed by atoms with E-state index in [1.165, 1.54) is 0 Å². The maximum absolute atomic E-state index is 5.49. The maximum Gasteiger partial charge on any atom is 0.324 e. The number of rotatable bonds is 4. The summed E-state index contributed by atoms with van der Waals surface area (Å²) in [6.07, 6.45) is -0.0302. The minimum absolute atomic E-state index is 0.0151. The summed E-state index contributed by atoms with van der Waals surface area (Å²) >= 11 is 0. The molecular weight excluding hydrogens is 196 g/mol. The van der Waals surface area contributed by atoms with Gasteiger partial charge in [0, 0.05) is 0 Å². The van der Waals surface area contributed by atoms with Crippen LogP contribution < -0.4 is 15.2 Å². The summed E-state index contributed by atoms with van der Waals surface area (Å²) in [7, 11) is 0. The lowest BCUT2D eigenvalue weighted by Gasteiger charge is -2.10. The maximum atomic E-state index is 5.49. The van der Waals surface area contributed by atoms with Gasteiger partial charge in [-0.05, 0) is 27.7 Å². The van der Waals surface area contributed by atoms with E-state index in [0.717, 1.165) is 0 Å². The third-order valence-electron chi connectivity index (χ3n) is 1.29. The molecule has 0 bridgehead atoms. The molecule has 0 amide bonds. The van der Waals surface area contributed by atoms with Gasteiger partial charge in [-0.25, -0.2) is 0 Å². The predicted octanol–water partition coefficient (Wildman–Crippen LogP) is 1.03. The van der Waals surface area contributed by atoms with E-state index in [9.17, 15) is 0 Å². The lowest BCUT2D eigenvalue weighted by molar-refractivity contribution is 0.197. The van der Waals surface area contributed by atoms with Gasteiger partial charge in [0.1, 0.15) is 0 Å². The number of anilines is 1. The third kappa shape index (κ3) is 3.97. The molecule has 0 spiro atoms. The average molecular weight is 212 g/mol. The summed E-state index contributed by atoms with van der Waals surface area (Å²) in [5, 5.41) is 0. The van der Waals surface area contributed by atoms with Gasteiger partial charge in [0.05, 0.1) is 12.2 Å². The monoisotopic (exact) mass is 212 g/mol. The summed E-state index contributed by atoms with van der Waals surface area (Å²) in [5.41, 5.74) is 5.49. The Morgan fingerprint density at radius 1 is 0.867 bits per heavy atom. The molecule has 0 atom stereocenters. The standard InChI is InChI=1S/C9H16N4O2/c1-5(2)14-8-11-7(10)12-9(13-8)15-6(3)4/h5-6H,1-4H3,(H2,10,11,12,13). The molecule has 0 aliphatic heterocycles. The molecule has 1 rings (SSSR count). The van der Waals surface area contributed by atoms with Crippen molar-refractivity contribution in [2.45, 2.75) is 39.9 Å². The van der Waals surface area contributed by atoms with Crippen molar-refractivity contribution in [1.29, 1.82) is 0 Å². The second-order valence-corrected chi connectivity index (χ2v) is 3.59. The first-order chi connectivity index (χ1) is 6.97. The average Bonchev–Trinajstić information content (AvgIpc) is 1.98. The normalized spacial score (nSPS) is 10.8. The smallest absolute Gasteiger partial charge is 0.324 e. The largest absolute Gasteiger partial charge is 0.461 e. The molecule has 1 aromatic heterocycles. The van der Waals surface area contributed by atoms with Crippen LogP contribution >= 0.6 is 0 Å². The lowest BCUT2D eigenvalue weighted by atomic mass is 10.5.